The Labute approximate surface area is 142 Å². The third-order valence-electron chi connectivity index (χ3n) is 5.20. The predicted octanol–water partition coefficient (Wildman–Crippen LogP) is 2.11. The summed E-state index contributed by atoms with van der Waals surface area (Å²) in [5, 5.41) is 4.39. The van der Waals surface area contributed by atoms with Gasteiger partial charge in [0.25, 0.3) is 0 Å². The third-order valence-corrected chi connectivity index (χ3v) is 5.20. The van der Waals surface area contributed by atoms with E-state index in [1.54, 1.807) is 0 Å². The maximum Gasteiger partial charge on any atom is 0.227 e. The van der Waals surface area contributed by atoms with Crippen LogP contribution in [0, 0.1) is 0 Å². The highest BCUT2D eigenvalue weighted by Crippen LogP contribution is 2.21. The predicted molar refractivity (Wildman–Crippen MR) is 93.1 cm³/mol. The van der Waals surface area contributed by atoms with Crippen LogP contribution >= 0.6 is 0 Å². The third kappa shape index (κ3) is 3.22. The van der Waals surface area contributed by atoms with Crippen molar-refractivity contribution in [2.45, 2.75) is 31.7 Å². The zero-order chi connectivity index (χ0) is 16.4. The number of carbonyl (C=O) groups is 1. The van der Waals surface area contributed by atoms with Gasteiger partial charge in [-0.2, -0.15) is 5.10 Å². The monoisotopic (exact) mass is 324 g/mol. The average molecular weight is 324 g/mol. The maximum absolute atomic E-state index is 12.7. The van der Waals surface area contributed by atoms with Crippen molar-refractivity contribution >= 4 is 5.91 Å². The molecule has 3 heterocycles. The van der Waals surface area contributed by atoms with Crippen molar-refractivity contribution in [1.29, 1.82) is 0 Å². The number of nitrogens with zero attached hydrogens (tertiary/aromatic N) is 4. The first-order valence-electron chi connectivity index (χ1n) is 8.90. The topological polar surface area (TPSA) is 41.4 Å². The lowest BCUT2D eigenvalue weighted by Gasteiger charge is -2.44. The van der Waals surface area contributed by atoms with Crippen LogP contribution in [0.5, 0.6) is 0 Å². The fourth-order valence-corrected chi connectivity index (χ4v) is 3.84. The summed E-state index contributed by atoms with van der Waals surface area (Å²) >= 11 is 0. The van der Waals surface area contributed by atoms with Gasteiger partial charge in [-0.1, -0.05) is 24.6 Å². The molecule has 4 rings (SSSR count). The number of fused-ring (bicyclic) bond motifs is 1. The summed E-state index contributed by atoms with van der Waals surface area (Å²) in [5.74, 6) is 0.229. The number of benzene rings is 1. The molecule has 0 radical (unpaired) electrons. The standard InChI is InChI=1S/C19H24N4O/c24-19(22-11-10-21-9-5-4-8-18(21)15-22)12-16-13-20-23(14-16)17-6-2-1-3-7-17/h1-3,6-7,13-14,18H,4-5,8-12,15H2. The molecule has 5 nitrogen and oxygen atoms in total. The van der Waals surface area contributed by atoms with Gasteiger partial charge in [0.1, 0.15) is 0 Å². The lowest BCUT2D eigenvalue weighted by Crippen LogP contribution is -2.56. The van der Waals surface area contributed by atoms with Crippen LogP contribution in [0.2, 0.25) is 0 Å². The SMILES string of the molecule is O=C(Cc1cnn(-c2ccccc2)c1)N1CCN2CCCCC2C1. The number of hydrogen-bond donors (Lipinski definition) is 0. The van der Waals surface area contributed by atoms with Crippen molar-refractivity contribution in [3.63, 3.8) is 0 Å². The second-order valence-corrected chi connectivity index (χ2v) is 6.83. The number of piperidine rings is 1. The van der Waals surface area contributed by atoms with Crippen molar-refractivity contribution in [1.82, 2.24) is 19.6 Å². The van der Waals surface area contributed by atoms with Crippen molar-refractivity contribution in [3.8, 4) is 5.69 Å². The van der Waals surface area contributed by atoms with Gasteiger partial charge < -0.3 is 4.90 Å². The largest absolute Gasteiger partial charge is 0.340 e. The Balaban J connectivity index is 1.39. The molecular weight excluding hydrogens is 300 g/mol. The summed E-state index contributed by atoms with van der Waals surface area (Å²) in [6.07, 6.45) is 8.05. The minimum Gasteiger partial charge on any atom is -0.340 e. The highest BCUT2D eigenvalue weighted by molar-refractivity contribution is 5.78. The summed E-state index contributed by atoms with van der Waals surface area (Å²) in [4.78, 5) is 17.3. The molecule has 5 heteroatoms. The number of carbonyl (C=O) groups excluding carboxylic acids is 1. The van der Waals surface area contributed by atoms with Crippen LogP contribution in [0.15, 0.2) is 42.7 Å². The summed E-state index contributed by atoms with van der Waals surface area (Å²) in [5.41, 5.74) is 2.00. The fourth-order valence-electron chi connectivity index (χ4n) is 3.84. The number of rotatable bonds is 3. The molecule has 126 valence electrons. The number of aromatic nitrogens is 2. The highest BCUT2D eigenvalue weighted by atomic mass is 16.2. The van der Waals surface area contributed by atoms with Crippen LogP contribution in [-0.2, 0) is 11.2 Å². The van der Waals surface area contributed by atoms with E-state index in [0.717, 1.165) is 30.9 Å². The lowest BCUT2D eigenvalue weighted by molar-refractivity contribution is -0.134. The van der Waals surface area contributed by atoms with Gasteiger partial charge in [-0.3, -0.25) is 9.69 Å². The van der Waals surface area contributed by atoms with Crippen molar-refractivity contribution in [2.75, 3.05) is 26.2 Å². The Bertz CT molecular complexity index is 696. The molecular formula is C19H24N4O. The summed E-state index contributed by atoms with van der Waals surface area (Å²) in [7, 11) is 0. The number of amides is 1. The van der Waals surface area contributed by atoms with E-state index < -0.39 is 0 Å². The second-order valence-electron chi connectivity index (χ2n) is 6.83. The number of para-hydroxylation sites is 1. The molecule has 0 aliphatic carbocycles. The van der Waals surface area contributed by atoms with Gasteiger partial charge >= 0.3 is 0 Å². The Morgan fingerprint density at radius 2 is 2.00 bits per heavy atom. The smallest absolute Gasteiger partial charge is 0.227 e. The number of hydrogen-bond acceptors (Lipinski definition) is 3. The lowest BCUT2D eigenvalue weighted by atomic mass is 9.99. The molecule has 2 saturated heterocycles. The van der Waals surface area contributed by atoms with E-state index >= 15 is 0 Å². The van der Waals surface area contributed by atoms with Crippen LogP contribution in [-0.4, -0.2) is 57.7 Å². The second kappa shape index (κ2) is 6.77. The minimum atomic E-state index is 0.229. The average Bonchev–Trinajstić information content (AvgIpc) is 3.10. The molecule has 1 aromatic carbocycles. The molecule has 1 amide bonds. The van der Waals surface area contributed by atoms with Crippen molar-refractivity contribution in [2.24, 2.45) is 0 Å². The van der Waals surface area contributed by atoms with Crippen molar-refractivity contribution < 1.29 is 4.79 Å². The summed E-state index contributed by atoms with van der Waals surface area (Å²) in [6, 6.07) is 10.6. The molecule has 2 aliphatic heterocycles. The zero-order valence-corrected chi connectivity index (χ0v) is 14.0. The van der Waals surface area contributed by atoms with Gasteiger partial charge in [-0.15, -0.1) is 0 Å². The van der Waals surface area contributed by atoms with Gasteiger partial charge in [0, 0.05) is 31.9 Å². The molecule has 0 bridgehead atoms. The van der Waals surface area contributed by atoms with E-state index in [2.05, 4.69) is 10.00 Å². The van der Waals surface area contributed by atoms with Crippen LogP contribution in [0.25, 0.3) is 5.69 Å². The maximum atomic E-state index is 12.7. The van der Waals surface area contributed by atoms with Gasteiger partial charge in [-0.05, 0) is 37.1 Å². The van der Waals surface area contributed by atoms with Crippen LogP contribution in [0.1, 0.15) is 24.8 Å². The molecule has 0 spiro atoms. The molecule has 2 fully saturated rings. The summed E-state index contributed by atoms with van der Waals surface area (Å²) < 4.78 is 1.84. The molecule has 24 heavy (non-hydrogen) atoms. The molecule has 2 aliphatic rings. The Kier molecular flexibility index (Phi) is 4.34. The highest BCUT2D eigenvalue weighted by Gasteiger charge is 2.30. The Hall–Kier alpha value is -2.14. The van der Waals surface area contributed by atoms with E-state index in [9.17, 15) is 4.79 Å². The minimum absolute atomic E-state index is 0.229. The molecule has 0 saturated carbocycles. The first-order chi connectivity index (χ1) is 11.8. The van der Waals surface area contributed by atoms with Crippen LogP contribution < -0.4 is 0 Å². The van der Waals surface area contributed by atoms with E-state index in [-0.39, 0.29) is 5.91 Å². The van der Waals surface area contributed by atoms with Crippen molar-refractivity contribution in [3.05, 3.63) is 48.3 Å². The van der Waals surface area contributed by atoms with Gasteiger partial charge in [-0.25, -0.2) is 4.68 Å². The Morgan fingerprint density at radius 3 is 2.88 bits per heavy atom. The number of piperazine rings is 1. The zero-order valence-electron chi connectivity index (χ0n) is 14.0. The van der Waals surface area contributed by atoms with Crippen LogP contribution in [0.4, 0.5) is 0 Å². The van der Waals surface area contributed by atoms with Crippen LogP contribution in [0.3, 0.4) is 0 Å². The first-order valence-corrected chi connectivity index (χ1v) is 8.90. The first kappa shape index (κ1) is 15.4. The van der Waals surface area contributed by atoms with Gasteiger partial charge in [0.05, 0.1) is 18.3 Å². The molecule has 2 aromatic rings. The van der Waals surface area contributed by atoms with E-state index in [1.165, 1.54) is 25.8 Å². The molecule has 0 N–H and O–H groups in total. The summed E-state index contributed by atoms with van der Waals surface area (Å²) in [6.45, 7) is 3.99. The normalized spacial score (nSPS) is 21.5. The van der Waals surface area contributed by atoms with Gasteiger partial charge in [0.2, 0.25) is 5.91 Å². The van der Waals surface area contributed by atoms with E-state index in [0.29, 0.717) is 12.5 Å². The Morgan fingerprint density at radius 1 is 1.12 bits per heavy atom. The van der Waals surface area contributed by atoms with E-state index in [4.69, 9.17) is 0 Å². The van der Waals surface area contributed by atoms with E-state index in [1.807, 2.05) is 52.3 Å². The quantitative estimate of drug-likeness (QED) is 0.868. The molecule has 1 atom stereocenters. The fraction of sp³-hybridized carbons (Fsp3) is 0.474. The molecule has 1 aromatic heterocycles. The molecule has 1 unspecified atom stereocenters. The van der Waals surface area contributed by atoms with Gasteiger partial charge in [0.15, 0.2) is 0 Å².